The Morgan fingerprint density at radius 1 is 1.24 bits per heavy atom. The van der Waals surface area contributed by atoms with Gasteiger partial charge < -0.3 is 10.1 Å². The molecule has 1 aliphatic heterocycles. The number of hydrogen-bond acceptors (Lipinski definition) is 2. The number of nitrogens with one attached hydrogen (secondary N) is 1. The summed E-state index contributed by atoms with van der Waals surface area (Å²) in [5.41, 5.74) is 0.697. The molecule has 1 aromatic carbocycles. The summed E-state index contributed by atoms with van der Waals surface area (Å²) in [7, 11) is 0. The Kier molecular flexibility index (Phi) is 5.59. The van der Waals surface area contributed by atoms with Crippen molar-refractivity contribution in [3.63, 3.8) is 0 Å². The number of allylic oxidation sites excluding steroid dienone is 3. The van der Waals surface area contributed by atoms with Gasteiger partial charge in [0.25, 0.3) is 0 Å². The van der Waals surface area contributed by atoms with Crippen molar-refractivity contribution in [1.82, 2.24) is 5.32 Å². The summed E-state index contributed by atoms with van der Waals surface area (Å²) in [6.45, 7) is 3.19. The van der Waals surface area contributed by atoms with Crippen molar-refractivity contribution < 1.29 is 9.53 Å². The van der Waals surface area contributed by atoms with Crippen molar-refractivity contribution in [3.8, 4) is 0 Å². The Morgan fingerprint density at radius 3 is 2.52 bits per heavy atom. The molecule has 4 heteroatoms. The first-order valence-electron chi connectivity index (χ1n) is 7.11. The van der Waals surface area contributed by atoms with Gasteiger partial charge in [-0.1, -0.05) is 42.0 Å². The largest absolute Gasteiger partial charge is 0.381 e. The first kappa shape index (κ1) is 15.8. The molecule has 1 aliphatic rings. The molecule has 112 valence electrons. The van der Waals surface area contributed by atoms with E-state index in [2.05, 4.69) is 5.32 Å². The van der Waals surface area contributed by atoms with Gasteiger partial charge in [-0.25, -0.2) is 0 Å². The number of hydrogen-bond donors (Lipinski definition) is 1. The van der Waals surface area contributed by atoms with Crippen LogP contribution in [0.5, 0.6) is 0 Å². The number of ether oxygens (including phenoxy) is 1. The predicted octanol–water partition coefficient (Wildman–Crippen LogP) is 3.59. The molecule has 0 atom stereocenters. The second-order valence-corrected chi connectivity index (χ2v) is 5.51. The SMILES string of the molecule is CC=CC=CC(=O)NC1(c2ccc(Cl)cc2)CCOCC1. The van der Waals surface area contributed by atoms with E-state index in [1.165, 1.54) is 0 Å². The van der Waals surface area contributed by atoms with Gasteiger partial charge in [-0.05, 0) is 37.5 Å². The Bertz CT molecular complexity index is 528. The highest BCUT2D eigenvalue weighted by molar-refractivity contribution is 6.30. The molecule has 1 heterocycles. The molecule has 0 radical (unpaired) electrons. The lowest BCUT2D eigenvalue weighted by Gasteiger charge is -2.38. The Hall–Kier alpha value is -1.58. The molecule has 1 amide bonds. The van der Waals surface area contributed by atoms with E-state index in [-0.39, 0.29) is 11.4 Å². The van der Waals surface area contributed by atoms with Crippen molar-refractivity contribution in [2.24, 2.45) is 0 Å². The first-order chi connectivity index (χ1) is 10.2. The molecule has 1 N–H and O–H groups in total. The average Bonchev–Trinajstić information content (AvgIpc) is 2.49. The highest BCUT2D eigenvalue weighted by Gasteiger charge is 2.35. The number of halogens is 1. The second kappa shape index (κ2) is 7.43. The van der Waals surface area contributed by atoms with Crippen LogP contribution in [0, 0.1) is 0 Å². The van der Waals surface area contributed by atoms with Gasteiger partial charge in [0.05, 0.1) is 5.54 Å². The molecule has 0 aliphatic carbocycles. The third kappa shape index (κ3) is 4.19. The summed E-state index contributed by atoms with van der Waals surface area (Å²) >= 11 is 5.96. The second-order valence-electron chi connectivity index (χ2n) is 5.08. The van der Waals surface area contributed by atoms with Gasteiger partial charge in [0.2, 0.25) is 5.91 Å². The van der Waals surface area contributed by atoms with Crippen LogP contribution in [-0.4, -0.2) is 19.1 Å². The van der Waals surface area contributed by atoms with Crippen molar-refractivity contribution >= 4 is 17.5 Å². The molecule has 0 aromatic heterocycles. The van der Waals surface area contributed by atoms with Crippen LogP contribution in [0.1, 0.15) is 25.3 Å². The van der Waals surface area contributed by atoms with Crippen LogP contribution in [0.3, 0.4) is 0 Å². The smallest absolute Gasteiger partial charge is 0.244 e. The zero-order valence-corrected chi connectivity index (χ0v) is 12.9. The Morgan fingerprint density at radius 2 is 1.90 bits per heavy atom. The van der Waals surface area contributed by atoms with Gasteiger partial charge in [0.15, 0.2) is 0 Å². The molecular weight excluding hydrogens is 286 g/mol. The summed E-state index contributed by atoms with van der Waals surface area (Å²) in [5.74, 6) is -0.0926. The summed E-state index contributed by atoms with van der Waals surface area (Å²) in [6.07, 6.45) is 8.53. The van der Waals surface area contributed by atoms with Crippen LogP contribution in [-0.2, 0) is 15.1 Å². The van der Waals surface area contributed by atoms with E-state index in [9.17, 15) is 4.79 Å². The molecule has 0 saturated carbocycles. The summed E-state index contributed by atoms with van der Waals surface area (Å²) in [4.78, 5) is 12.1. The van der Waals surface area contributed by atoms with Crippen LogP contribution in [0.4, 0.5) is 0 Å². The van der Waals surface area contributed by atoms with Crippen LogP contribution >= 0.6 is 11.6 Å². The van der Waals surface area contributed by atoms with Crippen molar-refractivity contribution in [2.45, 2.75) is 25.3 Å². The minimum atomic E-state index is -0.375. The van der Waals surface area contributed by atoms with E-state index in [4.69, 9.17) is 16.3 Å². The van der Waals surface area contributed by atoms with Crippen LogP contribution < -0.4 is 5.32 Å². The topological polar surface area (TPSA) is 38.3 Å². The lowest BCUT2D eigenvalue weighted by molar-refractivity contribution is -0.119. The fourth-order valence-corrected chi connectivity index (χ4v) is 2.63. The van der Waals surface area contributed by atoms with E-state index in [1.807, 2.05) is 43.3 Å². The maximum Gasteiger partial charge on any atom is 0.244 e. The minimum absolute atomic E-state index is 0.0926. The standard InChI is InChI=1S/C17H20ClNO2/c1-2-3-4-5-16(20)19-17(10-12-21-13-11-17)14-6-8-15(18)9-7-14/h2-9H,10-13H2,1H3,(H,19,20). The quantitative estimate of drug-likeness (QED) is 0.682. The highest BCUT2D eigenvalue weighted by Crippen LogP contribution is 2.32. The van der Waals surface area contributed by atoms with Crippen LogP contribution in [0.25, 0.3) is 0 Å². The normalized spacial score (nSPS) is 18.2. The molecule has 0 bridgehead atoms. The number of benzene rings is 1. The van der Waals surface area contributed by atoms with Crippen molar-refractivity contribution in [2.75, 3.05) is 13.2 Å². The zero-order chi connectivity index (χ0) is 15.1. The molecule has 21 heavy (non-hydrogen) atoms. The van der Waals surface area contributed by atoms with E-state index in [0.29, 0.717) is 18.2 Å². The highest BCUT2D eigenvalue weighted by atomic mass is 35.5. The maximum atomic E-state index is 12.1. The molecular formula is C17H20ClNO2. The Labute approximate surface area is 130 Å². The lowest BCUT2D eigenvalue weighted by atomic mass is 9.82. The van der Waals surface area contributed by atoms with E-state index >= 15 is 0 Å². The van der Waals surface area contributed by atoms with E-state index in [1.54, 1.807) is 12.2 Å². The van der Waals surface area contributed by atoms with E-state index in [0.717, 1.165) is 18.4 Å². The summed E-state index contributed by atoms with van der Waals surface area (Å²) < 4.78 is 5.44. The van der Waals surface area contributed by atoms with Crippen molar-refractivity contribution in [1.29, 1.82) is 0 Å². The minimum Gasteiger partial charge on any atom is -0.381 e. The van der Waals surface area contributed by atoms with Gasteiger partial charge in [0, 0.05) is 24.3 Å². The number of amides is 1. The molecule has 1 saturated heterocycles. The average molecular weight is 306 g/mol. The number of carbonyl (C=O) groups is 1. The first-order valence-corrected chi connectivity index (χ1v) is 7.49. The Balaban J connectivity index is 2.21. The fourth-order valence-electron chi connectivity index (χ4n) is 2.51. The molecule has 3 nitrogen and oxygen atoms in total. The number of rotatable bonds is 4. The maximum absolute atomic E-state index is 12.1. The molecule has 0 unspecified atom stereocenters. The van der Waals surface area contributed by atoms with Crippen LogP contribution in [0.15, 0.2) is 48.6 Å². The number of carbonyl (C=O) groups excluding carboxylic acids is 1. The molecule has 1 aromatic rings. The van der Waals surface area contributed by atoms with Gasteiger partial charge in [-0.3, -0.25) is 4.79 Å². The van der Waals surface area contributed by atoms with Gasteiger partial charge in [-0.15, -0.1) is 0 Å². The predicted molar refractivity (Wildman–Crippen MR) is 85.3 cm³/mol. The van der Waals surface area contributed by atoms with Gasteiger partial charge >= 0.3 is 0 Å². The molecule has 0 spiro atoms. The third-order valence-corrected chi connectivity index (χ3v) is 3.91. The monoisotopic (exact) mass is 305 g/mol. The molecule has 1 fully saturated rings. The van der Waals surface area contributed by atoms with Crippen molar-refractivity contribution in [3.05, 3.63) is 59.2 Å². The third-order valence-electron chi connectivity index (χ3n) is 3.66. The summed E-state index contributed by atoms with van der Waals surface area (Å²) in [5, 5.41) is 3.84. The van der Waals surface area contributed by atoms with Gasteiger partial charge in [0.1, 0.15) is 0 Å². The summed E-state index contributed by atoms with van der Waals surface area (Å²) in [6, 6.07) is 7.67. The van der Waals surface area contributed by atoms with Gasteiger partial charge in [-0.2, -0.15) is 0 Å². The van der Waals surface area contributed by atoms with E-state index < -0.39 is 0 Å². The fraction of sp³-hybridized carbons (Fsp3) is 0.353. The zero-order valence-electron chi connectivity index (χ0n) is 12.1. The molecule has 2 rings (SSSR count). The lowest BCUT2D eigenvalue weighted by Crippen LogP contribution is -2.49. The van der Waals surface area contributed by atoms with Crippen LogP contribution in [0.2, 0.25) is 5.02 Å².